The molecule has 2 heterocycles. The SMILES string of the molecule is COc1ccc(OCCc2cccc3cncn23)c(C=O)c1. The number of aldehydes is 1. The van der Waals surface area contributed by atoms with E-state index in [1.165, 1.54) is 0 Å². The maximum atomic E-state index is 11.1. The van der Waals surface area contributed by atoms with Crippen LogP contribution in [0.4, 0.5) is 0 Å². The fourth-order valence-electron chi connectivity index (χ4n) is 2.35. The third-order valence-electron chi connectivity index (χ3n) is 3.49. The Bertz CT molecular complexity index is 795. The Morgan fingerprint density at radius 3 is 3.00 bits per heavy atom. The summed E-state index contributed by atoms with van der Waals surface area (Å²) in [6.45, 7) is 0.477. The van der Waals surface area contributed by atoms with E-state index in [1.54, 1.807) is 31.6 Å². The quantitative estimate of drug-likeness (QED) is 0.656. The molecule has 5 nitrogen and oxygen atoms in total. The summed E-state index contributed by atoms with van der Waals surface area (Å²) in [5, 5.41) is 0. The summed E-state index contributed by atoms with van der Waals surface area (Å²) in [6.07, 6.45) is 5.10. The number of hydrogen-bond acceptors (Lipinski definition) is 4. The fraction of sp³-hybridized carbons (Fsp3) is 0.176. The third-order valence-corrected chi connectivity index (χ3v) is 3.49. The van der Waals surface area contributed by atoms with Gasteiger partial charge in [-0.25, -0.2) is 4.98 Å². The Balaban J connectivity index is 1.71. The van der Waals surface area contributed by atoms with Crippen molar-refractivity contribution in [1.82, 2.24) is 9.38 Å². The van der Waals surface area contributed by atoms with Crippen LogP contribution in [0, 0.1) is 0 Å². The molecule has 3 rings (SSSR count). The number of aromatic nitrogens is 2. The second-order valence-electron chi connectivity index (χ2n) is 4.83. The molecule has 0 amide bonds. The Morgan fingerprint density at radius 1 is 1.27 bits per heavy atom. The predicted octanol–water partition coefficient (Wildman–Crippen LogP) is 2.78. The van der Waals surface area contributed by atoms with Gasteiger partial charge in [0.25, 0.3) is 0 Å². The van der Waals surface area contributed by atoms with Gasteiger partial charge in [0.1, 0.15) is 11.5 Å². The predicted molar refractivity (Wildman–Crippen MR) is 82.8 cm³/mol. The van der Waals surface area contributed by atoms with Gasteiger partial charge in [-0.15, -0.1) is 0 Å². The second-order valence-corrected chi connectivity index (χ2v) is 4.83. The van der Waals surface area contributed by atoms with Crippen LogP contribution < -0.4 is 9.47 Å². The van der Waals surface area contributed by atoms with Crippen molar-refractivity contribution in [2.75, 3.05) is 13.7 Å². The average Bonchev–Trinajstić information content (AvgIpc) is 3.04. The van der Waals surface area contributed by atoms with Gasteiger partial charge in [0.05, 0.1) is 37.3 Å². The van der Waals surface area contributed by atoms with E-state index in [2.05, 4.69) is 4.98 Å². The number of carbonyl (C=O) groups is 1. The molecule has 0 atom stereocenters. The Labute approximate surface area is 128 Å². The number of imidazole rings is 1. The zero-order chi connectivity index (χ0) is 15.4. The molecule has 0 radical (unpaired) electrons. The summed E-state index contributed by atoms with van der Waals surface area (Å²) in [7, 11) is 1.57. The number of fused-ring (bicyclic) bond motifs is 1. The highest BCUT2D eigenvalue weighted by Crippen LogP contribution is 2.22. The van der Waals surface area contributed by atoms with Crippen molar-refractivity contribution in [2.45, 2.75) is 6.42 Å². The minimum absolute atomic E-state index is 0.477. The smallest absolute Gasteiger partial charge is 0.153 e. The fourth-order valence-corrected chi connectivity index (χ4v) is 2.35. The van der Waals surface area contributed by atoms with Gasteiger partial charge in [0.15, 0.2) is 6.29 Å². The lowest BCUT2D eigenvalue weighted by Gasteiger charge is -2.10. The van der Waals surface area contributed by atoms with Crippen molar-refractivity contribution in [1.29, 1.82) is 0 Å². The molecule has 0 saturated carbocycles. The molecule has 0 N–H and O–H groups in total. The Kier molecular flexibility index (Phi) is 4.05. The standard InChI is InChI=1S/C17H16N2O3/c1-21-16-5-6-17(13(9-16)11-20)22-8-7-14-3-2-4-15-10-18-12-19(14)15/h2-6,9-12H,7-8H2,1H3. The number of nitrogens with zero attached hydrogens (tertiary/aromatic N) is 2. The van der Waals surface area contributed by atoms with E-state index in [1.807, 2.05) is 28.8 Å². The molecular weight excluding hydrogens is 280 g/mol. The first kappa shape index (κ1) is 14.1. The Hall–Kier alpha value is -2.82. The summed E-state index contributed by atoms with van der Waals surface area (Å²) in [5.74, 6) is 1.20. The molecule has 5 heteroatoms. The molecule has 3 aromatic rings. The average molecular weight is 296 g/mol. The van der Waals surface area contributed by atoms with E-state index in [9.17, 15) is 4.79 Å². The molecule has 1 aromatic carbocycles. The van der Waals surface area contributed by atoms with Crippen LogP contribution in [-0.4, -0.2) is 29.4 Å². The summed E-state index contributed by atoms with van der Waals surface area (Å²) in [6, 6.07) is 11.2. The molecular formula is C17H16N2O3. The highest BCUT2D eigenvalue weighted by atomic mass is 16.5. The van der Waals surface area contributed by atoms with Crippen LogP contribution >= 0.6 is 0 Å². The molecule has 0 unspecified atom stereocenters. The van der Waals surface area contributed by atoms with Gasteiger partial charge in [0, 0.05) is 12.1 Å². The van der Waals surface area contributed by atoms with Crippen molar-refractivity contribution in [3.63, 3.8) is 0 Å². The first-order valence-corrected chi connectivity index (χ1v) is 6.98. The third kappa shape index (κ3) is 2.79. The minimum atomic E-state index is 0.477. The zero-order valence-corrected chi connectivity index (χ0v) is 12.2. The van der Waals surface area contributed by atoms with Crippen molar-refractivity contribution in [3.05, 3.63) is 60.2 Å². The van der Waals surface area contributed by atoms with Gasteiger partial charge in [-0.2, -0.15) is 0 Å². The van der Waals surface area contributed by atoms with Crippen LogP contribution in [0.25, 0.3) is 5.52 Å². The van der Waals surface area contributed by atoms with Gasteiger partial charge in [-0.3, -0.25) is 4.79 Å². The van der Waals surface area contributed by atoms with Crippen molar-refractivity contribution >= 4 is 11.8 Å². The molecule has 0 spiro atoms. The summed E-state index contributed by atoms with van der Waals surface area (Å²) in [5.41, 5.74) is 2.65. The Morgan fingerprint density at radius 2 is 2.18 bits per heavy atom. The number of ether oxygens (including phenoxy) is 2. The molecule has 112 valence electrons. The highest BCUT2D eigenvalue weighted by molar-refractivity contribution is 5.80. The number of rotatable bonds is 6. The summed E-state index contributed by atoms with van der Waals surface area (Å²) in [4.78, 5) is 15.3. The maximum Gasteiger partial charge on any atom is 0.153 e. The molecule has 0 aliphatic rings. The molecule has 22 heavy (non-hydrogen) atoms. The van der Waals surface area contributed by atoms with Crippen molar-refractivity contribution < 1.29 is 14.3 Å². The first-order chi connectivity index (χ1) is 10.8. The number of methoxy groups -OCH3 is 1. The molecule has 0 bridgehead atoms. The molecule has 0 aliphatic carbocycles. The number of benzene rings is 1. The van der Waals surface area contributed by atoms with E-state index in [-0.39, 0.29) is 0 Å². The summed E-state index contributed by atoms with van der Waals surface area (Å²) >= 11 is 0. The highest BCUT2D eigenvalue weighted by Gasteiger charge is 2.06. The topological polar surface area (TPSA) is 52.8 Å². The van der Waals surface area contributed by atoms with Gasteiger partial charge in [-0.05, 0) is 30.3 Å². The van der Waals surface area contributed by atoms with E-state index in [4.69, 9.17) is 9.47 Å². The van der Waals surface area contributed by atoms with Crippen LogP contribution in [0.15, 0.2) is 48.9 Å². The van der Waals surface area contributed by atoms with Crippen LogP contribution in [0.2, 0.25) is 0 Å². The van der Waals surface area contributed by atoms with Gasteiger partial charge in [-0.1, -0.05) is 6.07 Å². The first-order valence-electron chi connectivity index (χ1n) is 6.98. The lowest BCUT2D eigenvalue weighted by Crippen LogP contribution is -2.06. The lowest BCUT2D eigenvalue weighted by atomic mass is 10.2. The van der Waals surface area contributed by atoms with E-state index in [0.29, 0.717) is 23.7 Å². The number of pyridine rings is 1. The lowest BCUT2D eigenvalue weighted by molar-refractivity contribution is 0.111. The maximum absolute atomic E-state index is 11.1. The molecule has 0 fully saturated rings. The van der Waals surface area contributed by atoms with E-state index >= 15 is 0 Å². The van der Waals surface area contributed by atoms with Crippen LogP contribution in [0.3, 0.4) is 0 Å². The monoisotopic (exact) mass is 296 g/mol. The van der Waals surface area contributed by atoms with Crippen molar-refractivity contribution in [3.8, 4) is 11.5 Å². The number of carbonyl (C=O) groups excluding carboxylic acids is 1. The second kappa shape index (κ2) is 6.30. The van der Waals surface area contributed by atoms with E-state index in [0.717, 1.165) is 23.9 Å². The summed E-state index contributed by atoms with van der Waals surface area (Å²) < 4.78 is 12.9. The van der Waals surface area contributed by atoms with Crippen LogP contribution in [0.5, 0.6) is 11.5 Å². The van der Waals surface area contributed by atoms with Crippen molar-refractivity contribution in [2.24, 2.45) is 0 Å². The normalized spacial score (nSPS) is 10.6. The molecule has 0 aliphatic heterocycles. The van der Waals surface area contributed by atoms with Crippen LogP contribution in [-0.2, 0) is 6.42 Å². The zero-order valence-electron chi connectivity index (χ0n) is 12.2. The van der Waals surface area contributed by atoms with E-state index < -0.39 is 0 Å². The van der Waals surface area contributed by atoms with Gasteiger partial charge >= 0.3 is 0 Å². The van der Waals surface area contributed by atoms with Gasteiger partial charge in [0.2, 0.25) is 0 Å². The number of hydrogen-bond donors (Lipinski definition) is 0. The minimum Gasteiger partial charge on any atom is -0.497 e. The largest absolute Gasteiger partial charge is 0.497 e. The van der Waals surface area contributed by atoms with Crippen LogP contribution in [0.1, 0.15) is 16.1 Å². The molecule has 0 saturated heterocycles. The molecule has 2 aromatic heterocycles. The van der Waals surface area contributed by atoms with Gasteiger partial charge < -0.3 is 13.9 Å².